The molecule has 3 aromatic rings. The molecule has 0 bridgehead atoms. The molecule has 23 heavy (non-hydrogen) atoms. The summed E-state index contributed by atoms with van der Waals surface area (Å²) in [6, 6.07) is 20.1. The lowest BCUT2D eigenvalue weighted by atomic mass is 9.98. The predicted molar refractivity (Wildman–Crippen MR) is 92.1 cm³/mol. The minimum atomic E-state index is -0.256. The van der Waals surface area contributed by atoms with E-state index in [2.05, 4.69) is 15.5 Å². The lowest BCUT2D eigenvalue weighted by Gasteiger charge is -2.20. The van der Waals surface area contributed by atoms with Gasteiger partial charge in [0, 0.05) is 0 Å². The molecule has 116 valence electrons. The molecular formula is C18H16FN3S. The lowest BCUT2D eigenvalue weighted by Crippen LogP contribution is -2.14. The van der Waals surface area contributed by atoms with Crippen LogP contribution in [0.5, 0.6) is 0 Å². The van der Waals surface area contributed by atoms with E-state index in [0.29, 0.717) is 5.82 Å². The van der Waals surface area contributed by atoms with Crippen molar-refractivity contribution < 1.29 is 4.39 Å². The van der Waals surface area contributed by atoms with Crippen LogP contribution in [0.15, 0.2) is 71.8 Å². The molecule has 0 aliphatic carbocycles. The first-order valence-corrected chi connectivity index (χ1v) is 8.43. The zero-order valence-electron chi connectivity index (χ0n) is 12.6. The minimum Gasteiger partial charge on any atom is -0.358 e. The highest BCUT2D eigenvalue weighted by molar-refractivity contribution is 7.98. The molecule has 0 spiro atoms. The van der Waals surface area contributed by atoms with Gasteiger partial charge in [0.05, 0.1) is 6.04 Å². The number of thioether (sulfide) groups is 1. The fraction of sp³-hybridized carbons (Fsp3) is 0.111. The van der Waals surface area contributed by atoms with Crippen molar-refractivity contribution in [2.24, 2.45) is 0 Å². The standard InChI is InChI=1S/C18H16FN3S/c1-23-17-11-10-16(21-22-17)20-18(13-6-3-2-4-7-13)14-8-5-9-15(19)12-14/h2-12,18H,1H3,(H,20,21). The Morgan fingerprint density at radius 3 is 2.35 bits per heavy atom. The molecule has 0 aliphatic rings. The van der Waals surface area contributed by atoms with Crippen LogP contribution in [0.3, 0.4) is 0 Å². The van der Waals surface area contributed by atoms with Gasteiger partial charge in [-0.3, -0.25) is 0 Å². The maximum Gasteiger partial charge on any atom is 0.149 e. The van der Waals surface area contributed by atoms with Crippen molar-refractivity contribution >= 4 is 17.6 Å². The molecule has 1 atom stereocenters. The Labute approximate surface area is 139 Å². The second-order valence-corrected chi connectivity index (χ2v) is 5.83. The third-order valence-electron chi connectivity index (χ3n) is 3.46. The number of hydrogen-bond acceptors (Lipinski definition) is 4. The van der Waals surface area contributed by atoms with Gasteiger partial charge in [0.15, 0.2) is 0 Å². The van der Waals surface area contributed by atoms with Gasteiger partial charge in [-0.2, -0.15) is 0 Å². The third-order valence-corrected chi connectivity index (χ3v) is 4.09. The topological polar surface area (TPSA) is 37.8 Å². The molecule has 1 aromatic heterocycles. The van der Waals surface area contributed by atoms with Crippen molar-refractivity contribution in [2.45, 2.75) is 11.1 Å². The van der Waals surface area contributed by atoms with Gasteiger partial charge in [-0.05, 0) is 41.6 Å². The van der Waals surface area contributed by atoms with Gasteiger partial charge in [-0.1, -0.05) is 42.5 Å². The van der Waals surface area contributed by atoms with Crippen molar-refractivity contribution in [3.8, 4) is 0 Å². The van der Waals surface area contributed by atoms with Crippen LogP contribution in [0.2, 0.25) is 0 Å². The van der Waals surface area contributed by atoms with E-state index in [1.165, 1.54) is 12.1 Å². The highest BCUT2D eigenvalue weighted by atomic mass is 32.2. The first-order chi connectivity index (χ1) is 11.3. The lowest BCUT2D eigenvalue weighted by molar-refractivity contribution is 0.624. The maximum absolute atomic E-state index is 13.6. The Balaban J connectivity index is 1.94. The molecule has 5 heteroatoms. The van der Waals surface area contributed by atoms with Gasteiger partial charge >= 0.3 is 0 Å². The molecule has 1 heterocycles. The highest BCUT2D eigenvalue weighted by Crippen LogP contribution is 2.26. The number of benzene rings is 2. The zero-order chi connectivity index (χ0) is 16.1. The van der Waals surface area contributed by atoms with Crippen molar-refractivity contribution in [1.82, 2.24) is 10.2 Å². The summed E-state index contributed by atoms with van der Waals surface area (Å²) in [5.41, 5.74) is 1.88. The normalized spacial score (nSPS) is 11.9. The Morgan fingerprint density at radius 2 is 1.70 bits per heavy atom. The smallest absolute Gasteiger partial charge is 0.149 e. The largest absolute Gasteiger partial charge is 0.358 e. The summed E-state index contributed by atoms with van der Waals surface area (Å²) >= 11 is 1.54. The van der Waals surface area contributed by atoms with Crippen LogP contribution < -0.4 is 5.32 Å². The number of hydrogen-bond donors (Lipinski definition) is 1. The van der Waals surface area contributed by atoms with Gasteiger partial charge in [-0.25, -0.2) is 4.39 Å². The van der Waals surface area contributed by atoms with Gasteiger partial charge in [-0.15, -0.1) is 22.0 Å². The van der Waals surface area contributed by atoms with E-state index in [1.54, 1.807) is 17.8 Å². The van der Waals surface area contributed by atoms with Crippen molar-refractivity contribution in [3.05, 3.63) is 83.7 Å². The van der Waals surface area contributed by atoms with Gasteiger partial charge in [0.2, 0.25) is 0 Å². The fourth-order valence-electron chi connectivity index (χ4n) is 2.34. The summed E-state index contributed by atoms with van der Waals surface area (Å²) in [7, 11) is 0. The van der Waals surface area contributed by atoms with E-state index in [-0.39, 0.29) is 11.9 Å². The summed E-state index contributed by atoms with van der Waals surface area (Å²) < 4.78 is 13.6. The van der Waals surface area contributed by atoms with Crippen molar-refractivity contribution in [1.29, 1.82) is 0 Å². The molecule has 3 nitrogen and oxygen atoms in total. The molecule has 1 unspecified atom stereocenters. The highest BCUT2D eigenvalue weighted by Gasteiger charge is 2.15. The van der Waals surface area contributed by atoms with Crippen LogP contribution in [-0.2, 0) is 0 Å². The molecule has 0 saturated heterocycles. The summed E-state index contributed by atoms with van der Waals surface area (Å²) in [6.07, 6.45) is 1.95. The Bertz CT molecular complexity index is 763. The summed E-state index contributed by atoms with van der Waals surface area (Å²) in [5.74, 6) is 0.398. The van der Waals surface area contributed by atoms with Crippen molar-refractivity contribution in [2.75, 3.05) is 11.6 Å². The molecule has 0 saturated carbocycles. The first kappa shape index (κ1) is 15.5. The summed E-state index contributed by atoms with van der Waals surface area (Å²) in [6.45, 7) is 0. The first-order valence-electron chi connectivity index (χ1n) is 7.21. The molecule has 0 amide bonds. The summed E-state index contributed by atoms with van der Waals surface area (Å²) in [5, 5.41) is 12.5. The Hall–Kier alpha value is -2.40. The SMILES string of the molecule is CSc1ccc(NC(c2ccccc2)c2cccc(F)c2)nn1. The number of rotatable bonds is 5. The molecule has 0 radical (unpaired) electrons. The third kappa shape index (κ3) is 3.87. The Morgan fingerprint density at radius 1 is 0.913 bits per heavy atom. The monoisotopic (exact) mass is 325 g/mol. The second-order valence-electron chi connectivity index (χ2n) is 5.00. The number of anilines is 1. The second kappa shape index (κ2) is 7.24. The van der Waals surface area contributed by atoms with Crippen LogP contribution >= 0.6 is 11.8 Å². The molecular weight excluding hydrogens is 309 g/mol. The number of nitrogens with one attached hydrogen (secondary N) is 1. The maximum atomic E-state index is 13.6. The quantitative estimate of drug-likeness (QED) is 0.699. The van der Waals surface area contributed by atoms with E-state index in [0.717, 1.165) is 16.2 Å². The minimum absolute atomic E-state index is 0.193. The predicted octanol–water partition coefficient (Wildman–Crippen LogP) is 4.54. The molecule has 0 fully saturated rings. The van der Waals surface area contributed by atoms with E-state index in [1.807, 2.05) is 54.8 Å². The average molecular weight is 325 g/mol. The van der Waals surface area contributed by atoms with E-state index in [9.17, 15) is 4.39 Å². The van der Waals surface area contributed by atoms with Crippen LogP contribution in [0.1, 0.15) is 17.2 Å². The molecule has 1 N–H and O–H groups in total. The van der Waals surface area contributed by atoms with Crippen molar-refractivity contribution in [3.63, 3.8) is 0 Å². The van der Waals surface area contributed by atoms with Crippen LogP contribution in [0.25, 0.3) is 0 Å². The van der Waals surface area contributed by atoms with Crippen LogP contribution in [-0.4, -0.2) is 16.5 Å². The van der Waals surface area contributed by atoms with Crippen LogP contribution in [0, 0.1) is 5.82 Å². The average Bonchev–Trinajstić information content (AvgIpc) is 2.61. The number of nitrogens with zero attached hydrogens (tertiary/aromatic N) is 2. The molecule has 3 rings (SSSR count). The Kier molecular flexibility index (Phi) is 4.88. The van der Waals surface area contributed by atoms with Gasteiger partial charge in [0.25, 0.3) is 0 Å². The molecule has 2 aromatic carbocycles. The number of halogens is 1. The summed E-state index contributed by atoms with van der Waals surface area (Å²) in [4.78, 5) is 0. The zero-order valence-corrected chi connectivity index (χ0v) is 13.4. The van der Waals surface area contributed by atoms with Gasteiger partial charge in [0.1, 0.15) is 16.7 Å². The van der Waals surface area contributed by atoms with Crippen LogP contribution in [0.4, 0.5) is 10.2 Å². The fourth-order valence-corrected chi connectivity index (χ4v) is 2.67. The number of aromatic nitrogens is 2. The molecule has 0 aliphatic heterocycles. The van der Waals surface area contributed by atoms with Gasteiger partial charge < -0.3 is 5.32 Å². The van der Waals surface area contributed by atoms with E-state index < -0.39 is 0 Å². The van der Waals surface area contributed by atoms with E-state index in [4.69, 9.17) is 0 Å². The van der Waals surface area contributed by atoms with E-state index >= 15 is 0 Å².